The van der Waals surface area contributed by atoms with Gasteiger partial charge in [-0.05, 0) is 36.1 Å². The Hall–Kier alpha value is -0.280. The molecule has 0 radical (unpaired) electrons. The van der Waals surface area contributed by atoms with Gasteiger partial charge in [0.1, 0.15) is 11.5 Å². The number of allylic oxidation sites excluding steroid dienone is 2. The Morgan fingerprint density at radius 3 is 1.52 bits per heavy atom. The average Bonchev–Trinajstić information content (AvgIpc) is 2.44. The third kappa shape index (κ3) is 6.15. The van der Waals surface area contributed by atoms with Crippen molar-refractivity contribution in [1.82, 2.24) is 0 Å². The summed E-state index contributed by atoms with van der Waals surface area (Å²) in [6.07, 6.45) is 5.38. The molecule has 0 amide bonds. The fraction of sp³-hybridized carbons (Fsp3) is 0.111. The molecule has 2 rings (SSSR count). The maximum atomic E-state index is 6.05. The maximum absolute atomic E-state index is 6.05. The minimum absolute atomic E-state index is 0. The summed E-state index contributed by atoms with van der Waals surface area (Å²) in [5.41, 5.74) is 2.29. The smallest absolute Gasteiger partial charge is 1.00 e. The van der Waals surface area contributed by atoms with Crippen LogP contribution in [0.4, 0.5) is 0 Å². The van der Waals surface area contributed by atoms with Crippen molar-refractivity contribution in [2.45, 2.75) is 12.8 Å². The zero-order chi connectivity index (χ0) is 13.5. The van der Waals surface area contributed by atoms with Crippen molar-refractivity contribution >= 4 is 0 Å². The van der Waals surface area contributed by atoms with Crippen LogP contribution in [0.5, 0.6) is 11.5 Å². The fourth-order valence-corrected chi connectivity index (χ4v) is 1.97. The molecule has 0 fully saturated rings. The van der Waals surface area contributed by atoms with Crippen LogP contribution in [0.25, 0.3) is 0 Å². The van der Waals surface area contributed by atoms with E-state index in [0.29, 0.717) is 0 Å². The Kier molecular flexibility index (Phi) is 11.2. The summed E-state index contributed by atoms with van der Waals surface area (Å²) in [6.45, 7) is 7.56. The summed E-state index contributed by atoms with van der Waals surface area (Å²) >= 11 is 0. The van der Waals surface area contributed by atoms with Crippen molar-refractivity contribution < 1.29 is 66.7 Å². The Labute approximate surface area is 174 Å². The van der Waals surface area contributed by atoms with E-state index in [0.717, 1.165) is 35.5 Å². The number of hydrogen-bond acceptors (Lipinski definition) is 1. The molecule has 1 nitrogen and oxygen atoms in total. The molecule has 0 spiro atoms. The SMILES string of the molecule is C=CCc1ccccc1Oc1ccccc1CC=C.[H-].[H-].[Na+].[Na+]. The average molecular weight is 298 g/mol. The predicted octanol–water partition coefficient (Wildman–Crippen LogP) is -0.831. The first kappa shape index (κ1) is 20.7. The second-order valence-corrected chi connectivity index (χ2v) is 4.30. The van der Waals surface area contributed by atoms with E-state index in [4.69, 9.17) is 4.74 Å². The van der Waals surface area contributed by atoms with Gasteiger partial charge in [-0.1, -0.05) is 48.6 Å². The van der Waals surface area contributed by atoms with Crippen molar-refractivity contribution in [3.63, 3.8) is 0 Å². The maximum Gasteiger partial charge on any atom is 1.00 e. The number of para-hydroxylation sites is 2. The zero-order valence-electron chi connectivity index (χ0n) is 15.0. The van der Waals surface area contributed by atoms with Gasteiger partial charge < -0.3 is 7.59 Å². The van der Waals surface area contributed by atoms with Crippen LogP contribution in [0.15, 0.2) is 73.8 Å². The number of hydrogen-bond donors (Lipinski definition) is 0. The molecule has 0 saturated carbocycles. The largest absolute Gasteiger partial charge is 1.00 e. The first-order valence-electron chi connectivity index (χ1n) is 6.40. The quantitative estimate of drug-likeness (QED) is 0.500. The van der Waals surface area contributed by atoms with E-state index in [1.165, 1.54) is 0 Å². The summed E-state index contributed by atoms with van der Waals surface area (Å²) < 4.78 is 6.05. The molecule has 0 N–H and O–H groups in total. The Morgan fingerprint density at radius 2 is 1.14 bits per heavy atom. The van der Waals surface area contributed by atoms with Crippen molar-refractivity contribution in [2.24, 2.45) is 0 Å². The van der Waals surface area contributed by atoms with Crippen LogP contribution in [0.3, 0.4) is 0 Å². The van der Waals surface area contributed by atoms with E-state index in [2.05, 4.69) is 25.3 Å². The van der Waals surface area contributed by atoms with Gasteiger partial charge in [-0.3, -0.25) is 0 Å². The van der Waals surface area contributed by atoms with Gasteiger partial charge in [0.05, 0.1) is 0 Å². The molecule has 0 unspecified atom stereocenters. The molecule has 0 bridgehead atoms. The minimum atomic E-state index is 0. The monoisotopic (exact) mass is 298 g/mol. The van der Waals surface area contributed by atoms with Crippen LogP contribution in [-0.4, -0.2) is 0 Å². The van der Waals surface area contributed by atoms with E-state index in [1.54, 1.807) is 0 Å². The molecule has 0 aromatic heterocycles. The predicted molar refractivity (Wildman–Crippen MR) is 83.0 cm³/mol. The Bertz CT molecular complexity index is 537. The van der Waals surface area contributed by atoms with E-state index in [9.17, 15) is 0 Å². The second kappa shape index (κ2) is 11.3. The summed E-state index contributed by atoms with van der Waals surface area (Å²) in [5.74, 6) is 1.78. The van der Waals surface area contributed by atoms with Gasteiger partial charge in [-0.25, -0.2) is 0 Å². The van der Waals surface area contributed by atoms with Crippen LogP contribution in [0.1, 0.15) is 14.0 Å². The summed E-state index contributed by atoms with van der Waals surface area (Å²) in [7, 11) is 0. The first-order valence-corrected chi connectivity index (χ1v) is 6.40. The van der Waals surface area contributed by atoms with Crippen molar-refractivity contribution in [3.05, 3.63) is 85.0 Å². The van der Waals surface area contributed by atoms with Crippen LogP contribution >= 0.6 is 0 Å². The van der Waals surface area contributed by atoms with Crippen LogP contribution in [0.2, 0.25) is 0 Å². The molecule has 0 atom stereocenters. The molecule has 21 heavy (non-hydrogen) atoms. The molecular weight excluding hydrogens is 278 g/mol. The van der Waals surface area contributed by atoms with Crippen molar-refractivity contribution in [1.29, 1.82) is 0 Å². The van der Waals surface area contributed by atoms with Crippen LogP contribution < -0.4 is 63.9 Å². The van der Waals surface area contributed by atoms with E-state index in [-0.39, 0.29) is 62.0 Å². The van der Waals surface area contributed by atoms with Crippen molar-refractivity contribution in [3.8, 4) is 11.5 Å². The third-order valence-electron chi connectivity index (χ3n) is 2.89. The second-order valence-electron chi connectivity index (χ2n) is 4.30. The van der Waals surface area contributed by atoms with Gasteiger partial charge in [0.2, 0.25) is 0 Å². The minimum Gasteiger partial charge on any atom is -1.00 e. The van der Waals surface area contributed by atoms with E-state index >= 15 is 0 Å². The topological polar surface area (TPSA) is 9.23 Å². The summed E-state index contributed by atoms with van der Waals surface area (Å²) in [5, 5.41) is 0. The molecule has 2 aromatic carbocycles. The molecule has 0 saturated heterocycles. The normalized spacial score (nSPS) is 8.95. The molecule has 0 aliphatic heterocycles. The number of ether oxygens (including phenoxy) is 1. The van der Waals surface area contributed by atoms with Gasteiger partial charge in [0, 0.05) is 0 Å². The van der Waals surface area contributed by atoms with Gasteiger partial charge >= 0.3 is 59.1 Å². The zero-order valence-corrected chi connectivity index (χ0v) is 17.0. The molecular formula is C18H20Na2O. The van der Waals surface area contributed by atoms with Crippen LogP contribution in [0, 0.1) is 0 Å². The molecule has 0 aliphatic rings. The third-order valence-corrected chi connectivity index (χ3v) is 2.89. The molecule has 100 valence electrons. The molecule has 2 aromatic rings. The van der Waals surface area contributed by atoms with Crippen LogP contribution in [-0.2, 0) is 12.8 Å². The number of benzene rings is 2. The summed E-state index contributed by atoms with van der Waals surface area (Å²) in [6, 6.07) is 16.1. The molecule has 3 heteroatoms. The van der Waals surface area contributed by atoms with Gasteiger partial charge in [0.15, 0.2) is 0 Å². The Balaban J connectivity index is -0.000001000. The molecule has 0 aliphatic carbocycles. The van der Waals surface area contributed by atoms with E-state index < -0.39 is 0 Å². The van der Waals surface area contributed by atoms with Gasteiger partial charge in [0.25, 0.3) is 0 Å². The first-order chi connectivity index (χ1) is 9.35. The van der Waals surface area contributed by atoms with Crippen molar-refractivity contribution in [2.75, 3.05) is 0 Å². The van der Waals surface area contributed by atoms with Gasteiger partial charge in [-0.2, -0.15) is 0 Å². The van der Waals surface area contributed by atoms with E-state index in [1.807, 2.05) is 48.6 Å². The van der Waals surface area contributed by atoms with Gasteiger partial charge in [-0.15, -0.1) is 13.2 Å². The standard InChI is InChI=1S/C18H18O.2Na.2H/c1-3-9-15-11-5-7-13-17(15)19-18-14-8-6-12-16(18)10-4-2;;;;/h3-8,11-14H,1-2,9-10H2;;;;/q;2*+1;2*-1. The fourth-order valence-electron chi connectivity index (χ4n) is 1.97. The Morgan fingerprint density at radius 1 is 0.762 bits per heavy atom. The summed E-state index contributed by atoms with van der Waals surface area (Å²) in [4.78, 5) is 0. The molecule has 0 heterocycles. The number of rotatable bonds is 6.